The molecule has 0 spiro atoms. The summed E-state index contributed by atoms with van der Waals surface area (Å²) in [6.45, 7) is 4.99. The second-order valence-corrected chi connectivity index (χ2v) is 4.02. The van der Waals surface area contributed by atoms with Crippen molar-refractivity contribution in [3.63, 3.8) is 0 Å². The molecule has 2 aromatic carbocycles. The number of hydrogen-bond donors (Lipinski definition) is 1. The lowest BCUT2D eigenvalue weighted by Gasteiger charge is -1.98. The normalized spacial score (nSPS) is 9.16. The Morgan fingerprint density at radius 3 is 1.84 bits per heavy atom. The number of aryl methyl sites for hydroxylation is 1. The maximum absolute atomic E-state index is 3.17. The van der Waals surface area contributed by atoms with Gasteiger partial charge in [0.05, 0.1) is 0 Å². The van der Waals surface area contributed by atoms with E-state index in [1.165, 1.54) is 11.1 Å². The van der Waals surface area contributed by atoms with Gasteiger partial charge in [-0.05, 0) is 25.6 Å². The Balaban J connectivity index is 0.000000352. The zero-order chi connectivity index (χ0) is 13.1. The van der Waals surface area contributed by atoms with E-state index in [9.17, 15) is 0 Å². The Morgan fingerprint density at radius 2 is 1.42 bits per heavy atom. The molecule has 0 saturated carbocycles. The van der Waals surface area contributed by atoms with Crippen molar-refractivity contribution in [2.75, 3.05) is 0 Å². The average Bonchev–Trinajstić information content (AvgIpc) is 2.42. The van der Waals surface area contributed by atoms with Crippen LogP contribution in [0.25, 0.3) is 0 Å². The van der Waals surface area contributed by atoms with Gasteiger partial charge < -0.3 is 5.32 Å². The van der Waals surface area contributed by atoms with Gasteiger partial charge in [-0.25, -0.2) is 0 Å². The summed E-state index contributed by atoms with van der Waals surface area (Å²) in [6, 6.07) is 20.6. The molecule has 0 heterocycles. The van der Waals surface area contributed by atoms with Crippen molar-refractivity contribution in [3.8, 4) is 0 Å². The molecule has 0 unspecified atom stereocenters. The molecule has 0 atom stereocenters. The predicted octanol–water partition coefficient (Wildman–Crippen LogP) is 4.94. The Labute approximate surface area is 118 Å². The molecule has 1 heteroatoms. The van der Waals surface area contributed by atoms with Gasteiger partial charge in [-0.2, -0.15) is 0 Å². The lowest BCUT2D eigenvalue weighted by atomic mass is 10.2. The third kappa shape index (κ3) is 8.67. The molecule has 19 heavy (non-hydrogen) atoms. The summed E-state index contributed by atoms with van der Waals surface area (Å²) in [4.78, 5) is 0. The second kappa shape index (κ2) is 11.1. The van der Waals surface area contributed by atoms with Crippen LogP contribution < -0.4 is 5.32 Å². The van der Waals surface area contributed by atoms with Crippen LogP contribution in [0.15, 0.2) is 72.9 Å². The maximum Gasteiger partial charge on any atom is 0.0395 e. The van der Waals surface area contributed by atoms with Crippen molar-refractivity contribution in [1.82, 2.24) is 5.32 Å². The fourth-order valence-corrected chi connectivity index (χ4v) is 1.42. The Bertz CT molecular complexity index is 432. The van der Waals surface area contributed by atoms with Gasteiger partial charge in [0.1, 0.15) is 0 Å². The monoisotopic (exact) mass is 255 g/mol. The molecule has 0 amide bonds. The van der Waals surface area contributed by atoms with Crippen LogP contribution >= 0.6 is 0 Å². The highest BCUT2D eigenvalue weighted by Gasteiger charge is 1.84. The van der Waals surface area contributed by atoms with E-state index < -0.39 is 0 Å². The van der Waals surface area contributed by atoms with E-state index in [2.05, 4.69) is 36.5 Å². The molecule has 2 rings (SSSR count). The van der Waals surface area contributed by atoms with Crippen molar-refractivity contribution in [3.05, 3.63) is 84.1 Å². The zero-order valence-electron chi connectivity index (χ0n) is 11.1. The van der Waals surface area contributed by atoms with Crippen LogP contribution in [-0.2, 0) is 6.54 Å². The first-order valence-corrected chi connectivity index (χ1v) is 6.23. The molecule has 1 N–H and O–H groups in total. The molecule has 0 saturated heterocycles. The molecule has 2 aromatic rings. The number of rotatable bonds is 3. The van der Waals surface area contributed by atoms with Crippen LogP contribution in [0.2, 0.25) is 0 Å². The summed E-state index contributed by atoms with van der Waals surface area (Å²) >= 11 is 0. The van der Waals surface area contributed by atoms with Crippen molar-refractivity contribution in [2.24, 2.45) is 0 Å². The standard InChI is InChI=1S/C10H13N.C7H8.CH4/c1-2-8-11-9-10-6-4-3-5-7-10;1-7-5-3-2-4-6-7;/h2-8,11H,9H2,1H3;2-6H,1H3;1H4. The molecule has 0 aromatic heterocycles. The first-order chi connectivity index (χ1) is 8.83. The van der Waals surface area contributed by atoms with E-state index in [1.807, 2.05) is 55.6 Å². The minimum Gasteiger partial charge on any atom is -0.387 e. The first kappa shape index (κ1) is 17.0. The van der Waals surface area contributed by atoms with Crippen LogP contribution in [0.5, 0.6) is 0 Å². The number of nitrogens with one attached hydrogen (secondary N) is 1. The minimum absolute atomic E-state index is 0. The fraction of sp³-hybridized carbons (Fsp3) is 0.222. The molecule has 0 aliphatic rings. The summed E-state index contributed by atoms with van der Waals surface area (Å²) in [5.41, 5.74) is 2.63. The summed E-state index contributed by atoms with van der Waals surface area (Å²) < 4.78 is 0. The Hall–Kier alpha value is -2.02. The minimum atomic E-state index is 0. The maximum atomic E-state index is 3.17. The van der Waals surface area contributed by atoms with Gasteiger partial charge in [0, 0.05) is 6.54 Å². The summed E-state index contributed by atoms with van der Waals surface area (Å²) in [7, 11) is 0. The van der Waals surface area contributed by atoms with Gasteiger partial charge in [-0.15, -0.1) is 0 Å². The quantitative estimate of drug-likeness (QED) is 0.819. The van der Waals surface area contributed by atoms with Crippen LogP contribution in [-0.4, -0.2) is 0 Å². The molecular weight excluding hydrogens is 230 g/mol. The lowest BCUT2D eigenvalue weighted by molar-refractivity contribution is 0.868. The van der Waals surface area contributed by atoms with E-state index in [1.54, 1.807) is 0 Å². The fourth-order valence-electron chi connectivity index (χ4n) is 1.42. The average molecular weight is 255 g/mol. The molecule has 0 radical (unpaired) electrons. The third-order valence-electron chi connectivity index (χ3n) is 2.37. The van der Waals surface area contributed by atoms with Crippen LogP contribution in [0.3, 0.4) is 0 Å². The number of hydrogen-bond acceptors (Lipinski definition) is 1. The highest BCUT2D eigenvalue weighted by molar-refractivity contribution is 5.14. The number of benzene rings is 2. The van der Waals surface area contributed by atoms with Gasteiger partial charge in [0.15, 0.2) is 0 Å². The molecule has 102 valence electrons. The van der Waals surface area contributed by atoms with Gasteiger partial charge in [-0.1, -0.05) is 79.7 Å². The summed E-state index contributed by atoms with van der Waals surface area (Å²) in [5.74, 6) is 0. The van der Waals surface area contributed by atoms with Gasteiger partial charge >= 0.3 is 0 Å². The van der Waals surface area contributed by atoms with Crippen molar-refractivity contribution in [2.45, 2.75) is 27.8 Å². The topological polar surface area (TPSA) is 12.0 Å². The van der Waals surface area contributed by atoms with Gasteiger partial charge in [0.2, 0.25) is 0 Å². The van der Waals surface area contributed by atoms with Crippen LogP contribution in [0, 0.1) is 6.92 Å². The Kier molecular flexibility index (Phi) is 9.91. The largest absolute Gasteiger partial charge is 0.387 e. The lowest BCUT2D eigenvalue weighted by Crippen LogP contribution is -2.03. The molecular formula is C18H25N. The zero-order valence-corrected chi connectivity index (χ0v) is 11.1. The van der Waals surface area contributed by atoms with Gasteiger partial charge in [0.25, 0.3) is 0 Å². The molecule has 0 aliphatic carbocycles. The molecule has 0 bridgehead atoms. The van der Waals surface area contributed by atoms with Gasteiger partial charge in [-0.3, -0.25) is 0 Å². The Morgan fingerprint density at radius 1 is 0.895 bits per heavy atom. The van der Waals surface area contributed by atoms with E-state index in [4.69, 9.17) is 0 Å². The molecule has 0 aliphatic heterocycles. The SMILES string of the molecule is C.CC=CNCc1ccccc1.Cc1ccccc1. The van der Waals surface area contributed by atoms with E-state index in [-0.39, 0.29) is 7.43 Å². The van der Waals surface area contributed by atoms with E-state index in [0.29, 0.717) is 0 Å². The van der Waals surface area contributed by atoms with Crippen molar-refractivity contribution in [1.29, 1.82) is 0 Å². The predicted molar refractivity (Wildman–Crippen MR) is 86.0 cm³/mol. The number of allylic oxidation sites excluding steroid dienone is 1. The van der Waals surface area contributed by atoms with Crippen molar-refractivity contribution < 1.29 is 0 Å². The third-order valence-corrected chi connectivity index (χ3v) is 2.37. The second-order valence-electron chi connectivity index (χ2n) is 4.02. The van der Waals surface area contributed by atoms with E-state index >= 15 is 0 Å². The van der Waals surface area contributed by atoms with Crippen molar-refractivity contribution >= 4 is 0 Å². The highest BCUT2D eigenvalue weighted by atomic mass is 14.8. The summed E-state index contributed by atoms with van der Waals surface area (Å²) in [6.07, 6.45) is 3.94. The van der Waals surface area contributed by atoms with Crippen LogP contribution in [0.4, 0.5) is 0 Å². The first-order valence-electron chi connectivity index (χ1n) is 6.23. The van der Waals surface area contributed by atoms with E-state index in [0.717, 1.165) is 6.54 Å². The highest BCUT2D eigenvalue weighted by Crippen LogP contribution is 1.96. The molecule has 1 nitrogen and oxygen atoms in total. The smallest absolute Gasteiger partial charge is 0.0395 e. The van der Waals surface area contributed by atoms with Crippen LogP contribution in [0.1, 0.15) is 25.5 Å². The molecule has 0 fully saturated rings. The summed E-state index contributed by atoms with van der Waals surface area (Å²) in [5, 5.41) is 3.17.